The van der Waals surface area contributed by atoms with E-state index >= 15 is 0 Å². The van der Waals surface area contributed by atoms with Crippen molar-refractivity contribution in [3.8, 4) is 22.8 Å². The predicted molar refractivity (Wildman–Crippen MR) is 200 cm³/mol. The molecule has 1 saturated heterocycles. The third-order valence-electron chi connectivity index (χ3n) is 9.90. The van der Waals surface area contributed by atoms with Gasteiger partial charge in [-0.2, -0.15) is 0 Å². The Bertz CT molecular complexity index is 2020. The number of fused-ring (bicyclic) bond motifs is 1. The Hall–Kier alpha value is -5.91. The Labute approximate surface area is 308 Å². The molecule has 4 amide bonds. The van der Waals surface area contributed by atoms with Crippen molar-refractivity contribution in [3.05, 3.63) is 103 Å². The van der Waals surface area contributed by atoms with E-state index in [2.05, 4.69) is 22.5 Å². The van der Waals surface area contributed by atoms with Gasteiger partial charge in [0.05, 0.1) is 24.9 Å². The van der Waals surface area contributed by atoms with Crippen molar-refractivity contribution in [1.29, 1.82) is 0 Å². The summed E-state index contributed by atoms with van der Waals surface area (Å²) in [6, 6.07) is 23.6. The minimum absolute atomic E-state index is 0.00239. The molecule has 276 valence electrons. The molecule has 1 aliphatic carbocycles. The first-order valence-electron chi connectivity index (χ1n) is 17.6. The highest BCUT2D eigenvalue weighted by Crippen LogP contribution is 2.45. The van der Waals surface area contributed by atoms with Crippen LogP contribution in [0.3, 0.4) is 0 Å². The molecule has 0 bridgehead atoms. The summed E-state index contributed by atoms with van der Waals surface area (Å²) in [5.41, 5.74) is 0.780. The number of aliphatic carboxylic acids is 1. The number of hydrogen-bond acceptors (Lipinski definition) is 7. The molecule has 12 nitrogen and oxygen atoms in total. The van der Waals surface area contributed by atoms with E-state index in [0.29, 0.717) is 28.1 Å². The molecule has 4 aromatic rings. The van der Waals surface area contributed by atoms with Gasteiger partial charge in [0.15, 0.2) is 0 Å². The van der Waals surface area contributed by atoms with Crippen molar-refractivity contribution in [2.24, 2.45) is 11.3 Å². The first-order chi connectivity index (χ1) is 25.3. The first-order valence-corrected chi connectivity index (χ1v) is 17.6. The van der Waals surface area contributed by atoms with Crippen LogP contribution in [0.2, 0.25) is 0 Å². The molecule has 2 fully saturated rings. The Kier molecular flexibility index (Phi) is 10.4. The summed E-state index contributed by atoms with van der Waals surface area (Å²) < 4.78 is 12.1. The molecule has 2 heterocycles. The predicted octanol–water partition coefficient (Wildman–Crippen LogP) is 5.32. The molecule has 53 heavy (non-hydrogen) atoms. The maximum absolute atomic E-state index is 14.6. The molecule has 0 spiro atoms. The summed E-state index contributed by atoms with van der Waals surface area (Å²) in [5.74, 6) is -1.61. The number of carbonyl (C=O) groups is 4. The molecular weight excluding hydrogens is 674 g/mol. The number of pyridine rings is 1. The van der Waals surface area contributed by atoms with E-state index in [4.69, 9.17) is 14.5 Å². The standard InChI is InChI=1S/C41H45N5O7/c1-6-27-22-41(27,38(49)50)45-36(47)33-20-29(24-46(33)37(48)35(40(2,3)4)44-39(51)42-23-25-13-9-7-10-14-25)53-34-21-31(26-15-11-8-12-16-26)43-32-19-28(52-5)17-18-30(32)34/h6-19,21,27,29,33,35H,1,20,22-24H2,2-5H3,(H,45,47)(H,49,50)(H2,42,44,51)/t27-,29+,33-,35+,41?/m0/s1. The number of aromatic nitrogens is 1. The summed E-state index contributed by atoms with van der Waals surface area (Å²) in [4.78, 5) is 60.4. The Balaban J connectivity index is 1.31. The number of nitrogens with zero attached hydrogens (tertiary/aromatic N) is 2. The zero-order valence-corrected chi connectivity index (χ0v) is 30.3. The number of urea groups is 1. The van der Waals surface area contributed by atoms with Gasteiger partial charge in [-0.3, -0.25) is 9.59 Å². The van der Waals surface area contributed by atoms with Gasteiger partial charge in [0.1, 0.15) is 35.2 Å². The molecule has 1 unspecified atom stereocenters. The number of hydrogen-bond donors (Lipinski definition) is 4. The van der Waals surface area contributed by atoms with Gasteiger partial charge in [-0.05, 0) is 29.5 Å². The number of carboxylic acid groups (broad SMARTS) is 1. The van der Waals surface area contributed by atoms with Crippen molar-refractivity contribution in [1.82, 2.24) is 25.8 Å². The summed E-state index contributed by atoms with van der Waals surface area (Å²) in [5, 5.41) is 19.2. The van der Waals surface area contributed by atoms with Gasteiger partial charge >= 0.3 is 12.0 Å². The van der Waals surface area contributed by atoms with Crippen molar-refractivity contribution in [3.63, 3.8) is 0 Å². The van der Waals surface area contributed by atoms with Crippen molar-refractivity contribution in [2.75, 3.05) is 13.7 Å². The van der Waals surface area contributed by atoms with Crippen LogP contribution in [0.5, 0.6) is 11.5 Å². The van der Waals surface area contributed by atoms with Crippen LogP contribution >= 0.6 is 0 Å². The number of amides is 4. The molecule has 4 N–H and O–H groups in total. The molecule has 1 saturated carbocycles. The number of carboxylic acids is 1. The lowest BCUT2D eigenvalue weighted by atomic mass is 9.85. The second-order valence-corrected chi connectivity index (χ2v) is 14.7. The van der Waals surface area contributed by atoms with Gasteiger partial charge in [-0.15, -0.1) is 6.58 Å². The van der Waals surface area contributed by atoms with E-state index in [0.717, 1.165) is 11.1 Å². The van der Waals surface area contributed by atoms with Gasteiger partial charge in [-0.1, -0.05) is 87.5 Å². The highest BCUT2D eigenvalue weighted by atomic mass is 16.5. The zero-order valence-electron chi connectivity index (χ0n) is 30.3. The van der Waals surface area contributed by atoms with E-state index in [-0.39, 0.29) is 25.9 Å². The summed E-state index contributed by atoms with van der Waals surface area (Å²) in [6.45, 7) is 9.46. The molecule has 5 atom stereocenters. The quantitative estimate of drug-likeness (QED) is 0.143. The summed E-state index contributed by atoms with van der Waals surface area (Å²) in [7, 11) is 1.58. The summed E-state index contributed by atoms with van der Waals surface area (Å²) >= 11 is 0. The Morgan fingerprint density at radius 1 is 1.04 bits per heavy atom. The topological polar surface area (TPSA) is 159 Å². The SMILES string of the molecule is C=C[C@H]1CC1(NC(=O)[C@@H]1C[C@@H](Oc2cc(-c3ccccc3)nc3cc(OC)ccc23)CN1C(=O)[C@@H](NC(=O)NCc1ccccc1)C(C)(C)C)C(=O)O. The van der Waals surface area contributed by atoms with Crippen LogP contribution in [-0.4, -0.2) is 76.2 Å². The molecule has 6 rings (SSSR count). The highest BCUT2D eigenvalue weighted by molar-refractivity contribution is 5.96. The van der Waals surface area contributed by atoms with Crippen molar-refractivity contribution in [2.45, 2.75) is 63.9 Å². The van der Waals surface area contributed by atoms with Gasteiger partial charge in [0.2, 0.25) is 11.8 Å². The molecule has 12 heteroatoms. The normalized spacial score (nSPS) is 21.3. The minimum atomic E-state index is -1.50. The average Bonchev–Trinajstić information content (AvgIpc) is 3.71. The van der Waals surface area contributed by atoms with E-state index in [1.54, 1.807) is 13.2 Å². The third kappa shape index (κ3) is 7.96. The molecular formula is C41H45N5O7. The molecule has 1 aromatic heterocycles. The van der Waals surface area contributed by atoms with Crippen LogP contribution in [0.1, 0.15) is 39.2 Å². The fourth-order valence-corrected chi connectivity index (χ4v) is 6.81. The summed E-state index contributed by atoms with van der Waals surface area (Å²) in [6.07, 6.45) is 1.11. The van der Waals surface area contributed by atoms with Crippen molar-refractivity contribution < 1.29 is 33.8 Å². The maximum Gasteiger partial charge on any atom is 0.330 e. The number of benzene rings is 3. The van der Waals surface area contributed by atoms with Crippen molar-refractivity contribution >= 4 is 34.7 Å². The first kappa shape index (κ1) is 36.9. The maximum atomic E-state index is 14.6. The molecule has 3 aromatic carbocycles. The zero-order chi connectivity index (χ0) is 37.9. The van der Waals surface area contributed by atoms with E-state index in [1.165, 1.54) is 11.0 Å². The number of carbonyl (C=O) groups excluding carboxylic acids is 3. The Morgan fingerprint density at radius 2 is 1.74 bits per heavy atom. The van der Waals surface area contributed by atoms with Crippen LogP contribution in [0.15, 0.2) is 97.6 Å². The van der Waals surface area contributed by atoms with Gasteiger partial charge in [-0.25, -0.2) is 14.6 Å². The lowest BCUT2D eigenvalue weighted by Gasteiger charge is -2.35. The third-order valence-corrected chi connectivity index (χ3v) is 9.90. The highest BCUT2D eigenvalue weighted by Gasteiger charge is 2.61. The van der Waals surface area contributed by atoms with Gasteiger partial charge < -0.3 is 35.4 Å². The van der Waals surface area contributed by atoms with Gasteiger partial charge in [0, 0.05) is 42.0 Å². The number of rotatable bonds is 12. The van der Waals surface area contributed by atoms with E-state index in [1.807, 2.05) is 99.6 Å². The van der Waals surface area contributed by atoms with Crippen LogP contribution in [-0.2, 0) is 20.9 Å². The molecule has 1 aliphatic heterocycles. The fourth-order valence-electron chi connectivity index (χ4n) is 6.81. The average molecular weight is 720 g/mol. The van der Waals surface area contributed by atoms with Crippen LogP contribution in [0, 0.1) is 11.3 Å². The van der Waals surface area contributed by atoms with Crippen LogP contribution in [0.4, 0.5) is 4.79 Å². The second-order valence-electron chi connectivity index (χ2n) is 14.7. The monoisotopic (exact) mass is 719 g/mol. The Morgan fingerprint density at radius 3 is 2.36 bits per heavy atom. The van der Waals surface area contributed by atoms with Gasteiger partial charge in [0.25, 0.3) is 0 Å². The number of ether oxygens (including phenoxy) is 2. The molecule has 0 radical (unpaired) electrons. The van der Waals surface area contributed by atoms with E-state index < -0.39 is 58.9 Å². The smallest absolute Gasteiger partial charge is 0.330 e. The fraction of sp³-hybridized carbons (Fsp3) is 0.341. The minimum Gasteiger partial charge on any atom is -0.497 e. The molecule has 2 aliphatic rings. The lowest BCUT2D eigenvalue weighted by molar-refractivity contribution is -0.146. The van der Waals surface area contributed by atoms with Crippen LogP contribution in [0.25, 0.3) is 22.2 Å². The largest absolute Gasteiger partial charge is 0.497 e. The van der Waals surface area contributed by atoms with E-state index in [9.17, 15) is 24.3 Å². The lowest BCUT2D eigenvalue weighted by Crippen LogP contribution is -2.60. The number of nitrogens with one attached hydrogen (secondary N) is 3. The second kappa shape index (κ2) is 15.0. The number of likely N-dealkylation sites (tertiary alicyclic amines) is 1. The number of methoxy groups -OCH3 is 1. The van der Waals surface area contributed by atoms with Crippen LogP contribution < -0.4 is 25.4 Å².